The number of hydrogen-bond donors (Lipinski definition) is 2. The van der Waals surface area contributed by atoms with Gasteiger partial charge in [-0.15, -0.1) is 0 Å². The van der Waals surface area contributed by atoms with E-state index in [0.717, 1.165) is 37.0 Å². The zero-order valence-electron chi connectivity index (χ0n) is 10.6. The van der Waals surface area contributed by atoms with Gasteiger partial charge in [-0.2, -0.15) is 0 Å². The molecule has 0 bridgehead atoms. The van der Waals surface area contributed by atoms with Crippen molar-refractivity contribution in [3.05, 3.63) is 10.2 Å². The Labute approximate surface area is 122 Å². The number of hydrogen-bond acceptors (Lipinski definition) is 5. The number of nitrogens with zero attached hydrogens (tertiary/aromatic N) is 1. The second-order valence-corrected chi connectivity index (χ2v) is 8.29. The zero-order valence-corrected chi connectivity index (χ0v) is 13.0. The highest BCUT2D eigenvalue weighted by Gasteiger charge is 2.31. The number of aliphatic hydroxyl groups excluding tert-OH is 1. The number of nitrogens with one attached hydrogen (secondary N) is 1. The molecular weight excluding hydrogens is 308 g/mol. The van der Waals surface area contributed by atoms with Gasteiger partial charge in [-0.25, -0.2) is 18.1 Å². The average Bonchev–Trinajstić information content (AvgIpc) is 2.69. The molecule has 5 nitrogen and oxygen atoms in total. The number of thiazole rings is 1. The van der Waals surface area contributed by atoms with Crippen molar-refractivity contribution >= 4 is 33.0 Å². The Balaban J connectivity index is 2.19. The van der Waals surface area contributed by atoms with Gasteiger partial charge in [0.25, 0.3) is 10.0 Å². The highest BCUT2D eigenvalue weighted by atomic mass is 35.5. The molecule has 19 heavy (non-hydrogen) atoms. The van der Waals surface area contributed by atoms with Crippen LogP contribution in [0.5, 0.6) is 0 Å². The summed E-state index contributed by atoms with van der Waals surface area (Å²) in [6.45, 7) is 1.64. The van der Waals surface area contributed by atoms with E-state index in [2.05, 4.69) is 9.71 Å². The minimum absolute atomic E-state index is 0.00720. The number of halogens is 1. The summed E-state index contributed by atoms with van der Waals surface area (Å²) < 4.78 is 27.7. The third kappa shape index (κ3) is 3.46. The monoisotopic (exact) mass is 324 g/mol. The first kappa shape index (κ1) is 15.2. The zero-order chi connectivity index (χ0) is 14.0. The van der Waals surface area contributed by atoms with Gasteiger partial charge in [-0.1, -0.05) is 35.8 Å². The molecule has 1 aromatic heterocycles. The molecule has 1 aliphatic rings. The van der Waals surface area contributed by atoms with E-state index in [1.54, 1.807) is 6.92 Å². The van der Waals surface area contributed by atoms with Gasteiger partial charge in [0.2, 0.25) is 0 Å². The van der Waals surface area contributed by atoms with E-state index in [9.17, 15) is 13.5 Å². The fourth-order valence-corrected chi connectivity index (χ4v) is 5.53. The van der Waals surface area contributed by atoms with E-state index in [-0.39, 0.29) is 27.2 Å². The van der Waals surface area contributed by atoms with Crippen LogP contribution in [0, 0.1) is 12.8 Å². The van der Waals surface area contributed by atoms with Gasteiger partial charge in [0.15, 0.2) is 8.68 Å². The average molecular weight is 325 g/mol. The SMILES string of the molecule is Cc1nc(Cl)sc1S(=O)(=O)NC1CCCCC1CO. The number of aliphatic hydroxyl groups is 1. The molecular formula is C11H17ClN2O3S2. The molecule has 0 saturated heterocycles. The molecule has 1 aromatic rings. The van der Waals surface area contributed by atoms with Crippen LogP contribution in [0.15, 0.2) is 4.21 Å². The second kappa shape index (κ2) is 6.05. The molecule has 0 radical (unpaired) electrons. The van der Waals surface area contributed by atoms with Crippen LogP contribution in [-0.2, 0) is 10.0 Å². The Morgan fingerprint density at radius 1 is 1.47 bits per heavy atom. The lowest BCUT2D eigenvalue weighted by Crippen LogP contribution is -2.43. The highest BCUT2D eigenvalue weighted by Crippen LogP contribution is 2.29. The Morgan fingerprint density at radius 2 is 2.16 bits per heavy atom. The standard InChI is InChI=1S/C11H17ClN2O3S2/c1-7-10(18-11(12)13-7)19(16,17)14-9-5-3-2-4-8(9)6-15/h8-9,14-15H,2-6H2,1H3. The van der Waals surface area contributed by atoms with E-state index in [0.29, 0.717) is 5.69 Å². The Bertz CT molecular complexity index is 544. The fraction of sp³-hybridized carbons (Fsp3) is 0.727. The summed E-state index contributed by atoms with van der Waals surface area (Å²) in [7, 11) is -3.60. The summed E-state index contributed by atoms with van der Waals surface area (Å²) in [4.78, 5) is 3.93. The first-order valence-electron chi connectivity index (χ1n) is 6.20. The van der Waals surface area contributed by atoms with Crippen molar-refractivity contribution in [1.82, 2.24) is 9.71 Å². The molecule has 1 fully saturated rings. The number of rotatable bonds is 4. The van der Waals surface area contributed by atoms with E-state index in [1.807, 2.05) is 0 Å². The summed E-state index contributed by atoms with van der Waals surface area (Å²) in [6.07, 6.45) is 3.63. The van der Waals surface area contributed by atoms with Crippen molar-refractivity contribution in [2.75, 3.05) is 6.61 Å². The van der Waals surface area contributed by atoms with Gasteiger partial charge < -0.3 is 5.11 Å². The van der Waals surface area contributed by atoms with Gasteiger partial charge in [0.05, 0.1) is 5.69 Å². The Morgan fingerprint density at radius 3 is 2.74 bits per heavy atom. The predicted molar refractivity (Wildman–Crippen MR) is 75.0 cm³/mol. The number of aromatic nitrogens is 1. The minimum Gasteiger partial charge on any atom is -0.396 e. The molecule has 8 heteroatoms. The van der Waals surface area contributed by atoms with Crippen LogP contribution in [-0.4, -0.2) is 31.2 Å². The molecule has 0 aliphatic heterocycles. The van der Waals surface area contributed by atoms with Crippen LogP contribution in [0.25, 0.3) is 0 Å². The van der Waals surface area contributed by atoms with Crippen molar-refractivity contribution in [1.29, 1.82) is 0 Å². The van der Waals surface area contributed by atoms with Gasteiger partial charge >= 0.3 is 0 Å². The lowest BCUT2D eigenvalue weighted by atomic mass is 9.86. The van der Waals surface area contributed by atoms with E-state index >= 15 is 0 Å². The summed E-state index contributed by atoms with van der Waals surface area (Å²) in [5.74, 6) is -0.00720. The summed E-state index contributed by atoms with van der Waals surface area (Å²) >= 11 is 6.71. The van der Waals surface area contributed by atoms with Gasteiger partial charge in [0.1, 0.15) is 0 Å². The molecule has 1 saturated carbocycles. The van der Waals surface area contributed by atoms with Crippen LogP contribution < -0.4 is 4.72 Å². The smallest absolute Gasteiger partial charge is 0.252 e. The molecule has 0 amide bonds. The molecule has 1 aliphatic carbocycles. The van der Waals surface area contributed by atoms with Crippen molar-refractivity contribution in [2.45, 2.75) is 42.9 Å². The van der Waals surface area contributed by atoms with E-state index < -0.39 is 10.0 Å². The molecule has 2 unspecified atom stereocenters. The molecule has 0 aromatic carbocycles. The third-order valence-electron chi connectivity index (χ3n) is 3.42. The number of sulfonamides is 1. The maximum atomic E-state index is 12.3. The molecule has 1 heterocycles. The van der Waals surface area contributed by atoms with Crippen molar-refractivity contribution < 1.29 is 13.5 Å². The van der Waals surface area contributed by atoms with E-state index in [4.69, 9.17) is 11.6 Å². The predicted octanol–water partition coefficient (Wildman–Crippen LogP) is 1.93. The number of aryl methyl sites for hydroxylation is 1. The van der Waals surface area contributed by atoms with Gasteiger partial charge in [-0.3, -0.25) is 0 Å². The first-order valence-corrected chi connectivity index (χ1v) is 8.88. The molecule has 0 spiro atoms. The lowest BCUT2D eigenvalue weighted by Gasteiger charge is -2.30. The van der Waals surface area contributed by atoms with Crippen molar-refractivity contribution in [3.63, 3.8) is 0 Å². The molecule has 2 atom stereocenters. The maximum absolute atomic E-state index is 12.3. The Kier molecular flexibility index (Phi) is 4.84. The fourth-order valence-electron chi connectivity index (χ4n) is 2.43. The van der Waals surface area contributed by atoms with Gasteiger partial charge in [-0.05, 0) is 25.7 Å². The topological polar surface area (TPSA) is 79.3 Å². The quantitative estimate of drug-likeness (QED) is 0.887. The minimum atomic E-state index is -3.60. The maximum Gasteiger partial charge on any atom is 0.252 e. The van der Waals surface area contributed by atoms with Crippen LogP contribution in [0.4, 0.5) is 0 Å². The largest absolute Gasteiger partial charge is 0.396 e. The summed E-state index contributed by atoms with van der Waals surface area (Å²) in [5, 5.41) is 9.32. The Hall–Kier alpha value is -0.210. The highest BCUT2D eigenvalue weighted by molar-refractivity contribution is 7.91. The van der Waals surface area contributed by atoms with Crippen LogP contribution in [0.1, 0.15) is 31.4 Å². The summed E-state index contributed by atoms with van der Waals surface area (Å²) in [6, 6.07) is -0.205. The van der Waals surface area contributed by atoms with Crippen molar-refractivity contribution in [2.24, 2.45) is 5.92 Å². The summed E-state index contributed by atoms with van der Waals surface area (Å²) in [5.41, 5.74) is 0.416. The van der Waals surface area contributed by atoms with Crippen LogP contribution >= 0.6 is 22.9 Å². The molecule has 108 valence electrons. The lowest BCUT2D eigenvalue weighted by molar-refractivity contribution is 0.164. The third-order valence-corrected chi connectivity index (χ3v) is 6.78. The molecule has 2 rings (SSSR count). The van der Waals surface area contributed by atoms with Gasteiger partial charge in [0, 0.05) is 12.6 Å². The van der Waals surface area contributed by atoms with Crippen LogP contribution in [0.2, 0.25) is 4.47 Å². The van der Waals surface area contributed by atoms with E-state index in [1.165, 1.54) is 0 Å². The van der Waals surface area contributed by atoms with Crippen LogP contribution in [0.3, 0.4) is 0 Å². The second-order valence-electron chi connectivity index (χ2n) is 4.79. The van der Waals surface area contributed by atoms with Crippen molar-refractivity contribution in [3.8, 4) is 0 Å². The normalized spacial score (nSPS) is 24.6. The first-order chi connectivity index (χ1) is 8.94. The molecule has 2 N–H and O–H groups in total.